The first-order chi connectivity index (χ1) is 17.9. The number of aliphatic imine (C=N–C) groups is 2. The van der Waals surface area contributed by atoms with Crippen LogP contribution >= 0.6 is 0 Å². The van der Waals surface area contributed by atoms with E-state index in [-0.39, 0.29) is 69.3 Å². The quantitative estimate of drug-likeness (QED) is 0.302. The SMILES string of the molecule is C.CCC[C@@H](C)O.C[C@@H](O)CCOC[C@@H]1COC(c2ccccc2)=N1.OC[C@@H]1COC(c2ccccc2)=N1.[H-].[Na+]. The van der Waals surface area contributed by atoms with Gasteiger partial charge in [-0.15, -0.1) is 0 Å². The van der Waals surface area contributed by atoms with Gasteiger partial charge >= 0.3 is 29.6 Å². The van der Waals surface area contributed by atoms with Crippen LogP contribution in [0.5, 0.6) is 0 Å². The van der Waals surface area contributed by atoms with Gasteiger partial charge in [-0.05, 0) is 51.0 Å². The van der Waals surface area contributed by atoms with Crippen molar-refractivity contribution in [1.82, 2.24) is 0 Å². The van der Waals surface area contributed by atoms with Gasteiger partial charge in [0.05, 0.1) is 25.4 Å². The van der Waals surface area contributed by atoms with E-state index in [2.05, 4.69) is 16.9 Å². The Balaban J connectivity index is 0. The smallest absolute Gasteiger partial charge is 1.00 e. The second-order valence-electron chi connectivity index (χ2n) is 9.06. The van der Waals surface area contributed by atoms with Crippen LogP contribution in [0.3, 0.4) is 0 Å². The first kappa shape index (κ1) is 37.2. The standard InChI is InChI=1S/C14H19NO3.C10H11NO2.C5H12O.CH4.Na.H/c1-11(16)7-8-17-9-13-10-18-14(15-13)12-5-3-2-4-6-12;12-6-9-7-13-10(11-9)8-4-2-1-3-5-8;1-3-4-5(2)6;;;/h2-6,11,13,16H,7-10H2,1H3;1-5,9,12H,6-7H2;5-6H,3-4H2,1-2H3;1H4;;/q;;;;+1;-1/t11-,13-;9-;5-;;;/m111.../s1. The molecule has 4 rings (SSSR count). The molecule has 214 valence electrons. The fraction of sp³-hybridized carbons (Fsp3) is 0.533. The summed E-state index contributed by atoms with van der Waals surface area (Å²) >= 11 is 0. The number of rotatable bonds is 10. The average molecular weight is 555 g/mol. The number of aliphatic hydroxyl groups is 3. The van der Waals surface area contributed by atoms with Crippen LogP contribution in [0.1, 0.15) is 60.0 Å². The Kier molecular flexibility index (Phi) is 21.0. The van der Waals surface area contributed by atoms with Crippen molar-refractivity contribution >= 4 is 11.8 Å². The van der Waals surface area contributed by atoms with Crippen molar-refractivity contribution in [2.45, 2.75) is 71.8 Å². The van der Waals surface area contributed by atoms with Gasteiger partial charge in [0, 0.05) is 17.7 Å². The van der Waals surface area contributed by atoms with E-state index < -0.39 is 0 Å². The minimum absolute atomic E-state index is 0. The first-order valence-electron chi connectivity index (χ1n) is 13.0. The summed E-state index contributed by atoms with van der Waals surface area (Å²) in [7, 11) is 0. The van der Waals surface area contributed by atoms with Crippen LogP contribution < -0.4 is 29.6 Å². The molecule has 0 aliphatic carbocycles. The van der Waals surface area contributed by atoms with Crippen molar-refractivity contribution < 1.29 is 60.5 Å². The van der Waals surface area contributed by atoms with Crippen LogP contribution in [0.4, 0.5) is 0 Å². The molecule has 2 aromatic carbocycles. The predicted octanol–water partition coefficient (Wildman–Crippen LogP) is 1.36. The van der Waals surface area contributed by atoms with Gasteiger partial charge in [0.1, 0.15) is 25.3 Å². The molecule has 0 fully saturated rings. The summed E-state index contributed by atoms with van der Waals surface area (Å²) in [6, 6.07) is 19.5. The van der Waals surface area contributed by atoms with Crippen LogP contribution in [0.2, 0.25) is 0 Å². The van der Waals surface area contributed by atoms with E-state index in [1.54, 1.807) is 6.92 Å². The third kappa shape index (κ3) is 15.6. The van der Waals surface area contributed by atoms with Gasteiger partial charge < -0.3 is 31.0 Å². The molecule has 8 nitrogen and oxygen atoms in total. The maximum Gasteiger partial charge on any atom is 1.00 e. The van der Waals surface area contributed by atoms with Crippen LogP contribution in [0.25, 0.3) is 0 Å². The predicted molar refractivity (Wildman–Crippen MR) is 154 cm³/mol. The maximum absolute atomic E-state index is 9.10. The minimum atomic E-state index is -0.312. The van der Waals surface area contributed by atoms with Crippen molar-refractivity contribution in [2.75, 3.05) is 33.0 Å². The van der Waals surface area contributed by atoms with Gasteiger partial charge in [-0.2, -0.15) is 0 Å². The van der Waals surface area contributed by atoms with Gasteiger partial charge in [-0.1, -0.05) is 57.2 Å². The molecule has 0 radical (unpaired) electrons. The van der Waals surface area contributed by atoms with Crippen LogP contribution in [-0.2, 0) is 14.2 Å². The zero-order valence-corrected chi connectivity index (χ0v) is 25.2. The molecule has 39 heavy (non-hydrogen) atoms. The van der Waals surface area contributed by atoms with Crippen molar-refractivity contribution in [2.24, 2.45) is 9.98 Å². The number of hydrogen-bond donors (Lipinski definition) is 3. The van der Waals surface area contributed by atoms with E-state index in [0.29, 0.717) is 44.6 Å². The Morgan fingerprint density at radius 3 is 1.69 bits per heavy atom. The summed E-state index contributed by atoms with van der Waals surface area (Å²) in [6.07, 6.45) is 2.25. The van der Waals surface area contributed by atoms with Crippen LogP contribution in [-0.4, -0.2) is 84.4 Å². The van der Waals surface area contributed by atoms with Gasteiger partial charge in [0.2, 0.25) is 11.8 Å². The fourth-order valence-electron chi connectivity index (χ4n) is 3.38. The molecule has 2 aliphatic heterocycles. The summed E-state index contributed by atoms with van der Waals surface area (Å²) in [5.41, 5.74) is 1.97. The molecule has 0 aromatic heterocycles. The van der Waals surface area contributed by atoms with Crippen molar-refractivity contribution in [3.8, 4) is 0 Å². The molecule has 2 aliphatic rings. The molecule has 0 saturated carbocycles. The van der Waals surface area contributed by atoms with E-state index in [9.17, 15) is 0 Å². The third-order valence-corrected chi connectivity index (χ3v) is 5.37. The Morgan fingerprint density at radius 1 is 0.846 bits per heavy atom. The molecule has 2 aromatic rings. The Hall–Kier alpha value is -1.78. The van der Waals surface area contributed by atoms with E-state index in [0.717, 1.165) is 24.0 Å². The van der Waals surface area contributed by atoms with E-state index >= 15 is 0 Å². The Bertz CT molecular complexity index is 932. The van der Waals surface area contributed by atoms with Gasteiger partial charge in [0.25, 0.3) is 0 Å². The summed E-state index contributed by atoms with van der Waals surface area (Å²) in [5, 5.41) is 26.5. The maximum atomic E-state index is 9.10. The molecule has 0 spiro atoms. The molecule has 4 atom stereocenters. The number of nitrogens with zero attached hydrogens (tertiary/aromatic N) is 2. The second kappa shape index (κ2) is 22.0. The minimum Gasteiger partial charge on any atom is -1.00 e. The Morgan fingerprint density at radius 2 is 1.31 bits per heavy atom. The van der Waals surface area contributed by atoms with Crippen LogP contribution in [0.15, 0.2) is 70.6 Å². The normalized spacial score (nSPS) is 18.6. The monoisotopic (exact) mass is 554 g/mol. The molecule has 0 unspecified atom stereocenters. The summed E-state index contributed by atoms with van der Waals surface area (Å²) < 4.78 is 16.3. The molecule has 0 saturated heterocycles. The van der Waals surface area contributed by atoms with E-state index in [1.165, 1.54) is 0 Å². The summed E-state index contributed by atoms with van der Waals surface area (Å²) in [5.74, 6) is 1.33. The number of hydrogen-bond acceptors (Lipinski definition) is 8. The average Bonchev–Trinajstić information content (AvgIpc) is 3.58. The zero-order valence-electron chi connectivity index (χ0n) is 24.2. The number of benzene rings is 2. The topological polar surface area (TPSA) is 113 Å². The summed E-state index contributed by atoms with van der Waals surface area (Å²) in [6.45, 7) is 7.84. The van der Waals surface area contributed by atoms with Crippen LogP contribution in [0, 0.1) is 0 Å². The third-order valence-electron chi connectivity index (χ3n) is 5.37. The molecule has 3 N–H and O–H groups in total. The first-order valence-corrected chi connectivity index (χ1v) is 13.0. The molecular weight excluding hydrogens is 507 g/mol. The molecule has 0 amide bonds. The molecule has 0 bridgehead atoms. The zero-order chi connectivity index (χ0) is 26.9. The van der Waals surface area contributed by atoms with Crippen molar-refractivity contribution in [1.29, 1.82) is 0 Å². The van der Waals surface area contributed by atoms with Gasteiger partial charge in [0.15, 0.2) is 0 Å². The van der Waals surface area contributed by atoms with Crippen molar-refractivity contribution in [3.63, 3.8) is 0 Å². The molecule has 9 heteroatoms. The second-order valence-corrected chi connectivity index (χ2v) is 9.06. The van der Waals surface area contributed by atoms with Crippen molar-refractivity contribution in [3.05, 3.63) is 71.8 Å². The van der Waals surface area contributed by atoms with E-state index in [1.807, 2.05) is 67.6 Å². The molecular formula is C30H47N2NaO6. The van der Waals surface area contributed by atoms with E-state index in [4.69, 9.17) is 29.5 Å². The van der Waals surface area contributed by atoms with Gasteiger partial charge in [-0.3, -0.25) is 0 Å². The summed E-state index contributed by atoms with van der Waals surface area (Å²) in [4.78, 5) is 8.70. The Labute approximate surface area is 257 Å². The van der Waals surface area contributed by atoms with Gasteiger partial charge in [-0.25, -0.2) is 9.98 Å². The number of ether oxygens (including phenoxy) is 3. The molecule has 2 heterocycles. The fourth-order valence-corrected chi connectivity index (χ4v) is 3.38. The largest absolute Gasteiger partial charge is 1.00 e. The number of aliphatic hydroxyl groups excluding tert-OH is 3.